The van der Waals surface area contributed by atoms with Crippen molar-refractivity contribution in [2.45, 2.75) is 19.9 Å². The van der Waals surface area contributed by atoms with Crippen molar-refractivity contribution in [3.8, 4) is 5.69 Å². The summed E-state index contributed by atoms with van der Waals surface area (Å²) in [5, 5.41) is 11.0. The maximum atomic E-state index is 12.9. The number of amides is 1. The van der Waals surface area contributed by atoms with Gasteiger partial charge in [-0.3, -0.25) is 14.7 Å². The average Bonchev–Trinajstić information content (AvgIpc) is 3.09. The number of aromatic nitrogens is 3. The first-order valence-electron chi connectivity index (χ1n) is 9.88. The van der Waals surface area contributed by atoms with Crippen molar-refractivity contribution in [3.63, 3.8) is 0 Å². The molecule has 3 heterocycles. The molecule has 1 aliphatic heterocycles. The number of hydrogen-bond acceptors (Lipinski definition) is 5. The van der Waals surface area contributed by atoms with Crippen molar-refractivity contribution in [3.05, 3.63) is 71.7 Å². The van der Waals surface area contributed by atoms with Crippen molar-refractivity contribution < 1.29 is 4.79 Å². The van der Waals surface area contributed by atoms with Crippen LogP contribution >= 0.6 is 24.8 Å². The summed E-state index contributed by atoms with van der Waals surface area (Å²) in [6.07, 6.45) is 3.64. The van der Waals surface area contributed by atoms with E-state index in [1.54, 1.807) is 10.9 Å². The number of benzene rings is 1. The van der Waals surface area contributed by atoms with Crippen LogP contribution in [0.4, 0.5) is 5.82 Å². The molecule has 166 valence electrons. The van der Waals surface area contributed by atoms with Gasteiger partial charge in [0.2, 0.25) is 5.91 Å². The molecule has 0 saturated carbocycles. The number of aryl methyl sites for hydroxylation is 2. The Kier molecular flexibility index (Phi) is 9.00. The van der Waals surface area contributed by atoms with Crippen LogP contribution in [0.2, 0.25) is 0 Å². The number of pyridine rings is 1. The topological polar surface area (TPSA) is 75.1 Å². The van der Waals surface area contributed by atoms with Gasteiger partial charge in [-0.1, -0.05) is 23.8 Å². The van der Waals surface area contributed by atoms with Crippen molar-refractivity contribution >= 4 is 36.5 Å². The number of carbonyl (C=O) groups excluding carboxylic acids is 1. The molecule has 0 bridgehead atoms. The van der Waals surface area contributed by atoms with E-state index in [9.17, 15) is 4.79 Å². The Labute approximate surface area is 195 Å². The van der Waals surface area contributed by atoms with E-state index in [0.717, 1.165) is 36.6 Å². The van der Waals surface area contributed by atoms with Gasteiger partial charge in [0.1, 0.15) is 5.82 Å². The van der Waals surface area contributed by atoms with Gasteiger partial charge in [-0.15, -0.1) is 24.8 Å². The lowest BCUT2D eigenvalue weighted by molar-refractivity contribution is -0.118. The number of nitrogens with one attached hydrogen (secondary N) is 2. The maximum absolute atomic E-state index is 12.9. The Bertz CT molecular complexity index is 977. The third-order valence-electron chi connectivity index (χ3n) is 5.15. The summed E-state index contributed by atoms with van der Waals surface area (Å²) in [6.45, 7) is 6.77. The summed E-state index contributed by atoms with van der Waals surface area (Å²) in [5.74, 6) is 0.637. The number of anilines is 1. The summed E-state index contributed by atoms with van der Waals surface area (Å²) < 4.78 is 1.78. The number of halogens is 2. The van der Waals surface area contributed by atoms with Gasteiger partial charge in [-0.05, 0) is 37.6 Å². The highest BCUT2D eigenvalue weighted by Crippen LogP contribution is 2.22. The molecule has 1 amide bonds. The summed E-state index contributed by atoms with van der Waals surface area (Å²) in [4.78, 5) is 19.3. The van der Waals surface area contributed by atoms with Crippen LogP contribution < -0.4 is 10.6 Å². The second-order valence-electron chi connectivity index (χ2n) is 7.44. The van der Waals surface area contributed by atoms with Crippen molar-refractivity contribution in [1.82, 2.24) is 25.0 Å². The third kappa shape index (κ3) is 6.04. The lowest BCUT2D eigenvalue weighted by Crippen LogP contribution is -2.48. The highest BCUT2D eigenvalue weighted by molar-refractivity contribution is 5.91. The van der Waals surface area contributed by atoms with Gasteiger partial charge in [0.15, 0.2) is 0 Å². The minimum atomic E-state index is -0.0472. The van der Waals surface area contributed by atoms with Crippen LogP contribution in [-0.2, 0) is 4.79 Å². The molecule has 4 rings (SSSR count). The summed E-state index contributed by atoms with van der Waals surface area (Å²) in [6, 6.07) is 14.1. The standard InChI is InChI=1S/C22H26N6O.2ClH/c1-16-5-7-19(8-6-16)28-21(12-17(2)26-28)25-22(29)15-27-11-10-24-14-20(27)18-4-3-9-23-13-18;;/h3-9,12-13,20,24H,10-11,14-15H2,1-2H3,(H,25,29);2*1H. The predicted molar refractivity (Wildman–Crippen MR) is 128 cm³/mol. The largest absolute Gasteiger partial charge is 0.314 e. The van der Waals surface area contributed by atoms with Gasteiger partial charge in [-0.25, -0.2) is 4.68 Å². The normalized spacial score (nSPS) is 16.1. The molecule has 1 fully saturated rings. The van der Waals surface area contributed by atoms with Crippen LogP contribution in [0, 0.1) is 13.8 Å². The summed E-state index contributed by atoms with van der Waals surface area (Å²) in [5.41, 5.74) is 4.09. The fraction of sp³-hybridized carbons (Fsp3) is 0.318. The Hall–Kier alpha value is -2.45. The van der Waals surface area contributed by atoms with Crippen molar-refractivity contribution in [1.29, 1.82) is 0 Å². The average molecular weight is 463 g/mol. The summed E-state index contributed by atoms with van der Waals surface area (Å²) >= 11 is 0. The van der Waals surface area contributed by atoms with Gasteiger partial charge in [0.25, 0.3) is 0 Å². The fourth-order valence-electron chi connectivity index (χ4n) is 3.68. The molecule has 2 aromatic heterocycles. The highest BCUT2D eigenvalue weighted by atomic mass is 35.5. The molecule has 0 aliphatic carbocycles. The second-order valence-corrected chi connectivity index (χ2v) is 7.44. The van der Waals surface area contributed by atoms with Crippen LogP contribution in [0.15, 0.2) is 54.9 Å². The van der Waals surface area contributed by atoms with Gasteiger partial charge in [-0.2, -0.15) is 5.10 Å². The van der Waals surface area contributed by atoms with Gasteiger partial charge < -0.3 is 10.6 Å². The zero-order valence-corrected chi connectivity index (χ0v) is 19.2. The van der Waals surface area contributed by atoms with Crippen LogP contribution in [-0.4, -0.2) is 51.8 Å². The van der Waals surface area contributed by atoms with E-state index in [-0.39, 0.29) is 36.8 Å². The molecule has 1 unspecified atom stereocenters. The molecule has 1 aliphatic rings. The van der Waals surface area contributed by atoms with E-state index in [1.165, 1.54) is 5.56 Å². The quantitative estimate of drug-likeness (QED) is 0.608. The lowest BCUT2D eigenvalue weighted by Gasteiger charge is -2.35. The number of nitrogens with zero attached hydrogens (tertiary/aromatic N) is 4. The Balaban J connectivity index is 0.00000171. The van der Waals surface area contributed by atoms with Crippen molar-refractivity contribution in [2.24, 2.45) is 0 Å². The number of piperazine rings is 1. The second kappa shape index (κ2) is 11.2. The molecular weight excluding hydrogens is 435 g/mol. The molecule has 1 aromatic carbocycles. The SMILES string of the molecule is Cc1ccc(-n2nc(C)cc2NC(=O)CN2CCNCC2c2cccnc2)cc1.Cl.Cl. The van der Waals surface area contributed by atoms with E-state index in [2.05, 4.69) is 31.7 Å². The van der Waals surface area contributed by atoms with Gasteiger partial charge in [0, 0.05) is 44.1 Å². The van der Waals surface area contributed by atoms with E-state index in [4.69, 9.17) is 0 Å². The molecule has 31 heavy (non-hydrogen) atoms. The van der Waals surface area contributed by atoms with E-state index < -0.39 is 0 Å². The lowest BCUT2D eigenvalue weighted by atomic mass is 10.1. The van der Waals surface area contributed by atoms with Crippen LogP contribution in [0.5, 0.6) is 0 Å². The number of rotatable bonds is 5. The fourth-order valence-corrected chi connectivity index (χ4v) is 3.68. The Morgan fingerprint density at radius 2 is 1.97 bits per heavy atom. The molecule has 3 aromatic rings. The van der Waals surface area contributed by atoms with Crippen LogP contribution in [0.3, 0.4) is 0 Å². The van der Waals surface area contributed by atoms with Gasteiger partial charge >= 0.3 is 0 Å². The third-order valence-corrected chi connectivity index (χ3v) is 5.15. The molecular formula is C22H28Cl2N6O. The molecule has 1 atom stereocenters. The molecule has 0 spiro atoms. The maximum Gasteiger partial charge on any atom is 0.239 e. The molecule has 0 radical (unpaired) electrons. The zero-order chi connectivity index (χ0) is 20.2. The smallest absolute Gasteiger partial charge is 0.239 e. The first-order chi connectivity index (χ1) is 14.1. The first kappa shape index (κ1) is 24.8. The monoisotopic (exact) mass is 462 g/mol. The molecule has 2 N–H and O–H groups in total. The minimum Gasteiger partial charge on any atom is -0.314 e. The minimum absolute atomic E-state index is 0. The van der Waals surface area contributed by atoms with E-state index in [1.807, 2.05) is 56.4 Å². The Morgan fingerprint density at radius 1 is 1.19 bits per heavy atom. The van der Waals surface area contributed by atoms with E-state index >= 15 is 0 Å². The number of carbonyl (C=O) groups is 1. The predicted octanol–water partition coefficient (Wildman–Crippen LogP) is 3.31. The summed E-state index contributed by atoms with van der Waals surface area (Å²) in [7, 11) is 0. The van der Waals surface area contributed by atoms with Crippen LogP contribution in [0.1, 0.15) is 22.9 Å². The zero-order valence-electron chi connectivity index (χ0n) is 17.6. The molecule has 9 heteroatoms. The number of hydrogen-bond donors (Lipinski definition) is 2. The van der Waals surface area contributed by atoms with Crippen LogP contribution in [0.25, 0.3) is 5.69 Å². The van der Waals surface area contributed by atoms with E-state index in [0.29, 0.717) is 12.4 Å². The van der Waals surface area contributed by atoms with Gasteiger partial charge in [0.05, 0.1) is 17.9 Å². The Morgan fingerprint density at radius 3 is 2.68 bits per heavy atom. The highest BCUT2D eigenvalue weighted by Gasteiger charge is 2.26. The van der Waals surface area contributed by atoms with Crippen molar-refractivity contribution in [2.75, 3.05) is 31.5 Å². The molecule has 1 saturated heterocycles. The first-order valence-corrected chi connectivity index (χ1v) is 9.88. The molecule has 7 nitrogen and oxygen atoms in total.